The molecule has 120 valence electrons. The Bertz CT molecular complexity index is 556. The number of hydrogen-bond donors (Lipinski definition) is 2. The van der Waals surface area contributed by atoms with Crippen molar-refractivity contribution >= 4 is 38.9 Å². The predicted octanol–water partition coefficient (Wildman–Crippen LogP) is 2.59. The lowest BCUT2D eigenvalue weighted by Gasteiger charge is -2.19. The molecule has 5 nitrogen and oxygen atoms in total. The zero-order valence-corrected chi connectivity index (χ0v) is 14.5. The van der Waals surface area contributed by atoms with Crippen LogP contribution in [0.25, 0.3) is 0 Å². The van der Waals surface area contributed by atoms with Crippen LogP contribution in [0.4, 0.5) is 5.69 Å². The molecule has 0 fully saturated rings. The summed E-state index contributed by atoms with van der Waals surface area (Å²) in [5.41, 5.74) is 5.90. The lowest BCUT2D eigenvalue weighted by atomic mass is 10.3. The number of nitrogens with one attached hydrogen (secondary N) is 1. The number of nitrogens with zero attached hydrogens (tertiary/aromatic N) is 1. The summed E-state index contributed by atoms with van der Waals surface area (Å²) >= 11 is 11.9. The van der Waals surface area contributed by atoms with Gasteiger partial charge in [0.05, 0.1) is 10.0 Å². The molecule has 8 heteroatoms. The monoisotopic (exact) mass is 353 g/mol. The molecule has 0 aliphatic rings. The molecule has 21 heavy (non-hydrogen) atoms. The fourth-order valence-electron chi connectivity index (χ4n) is 1.99. The van der Waals surface area contributed by atoms with E-state index in [4.69, 9.17) is 28.9 Å². The number of sulfonamides is 1. The van der Waals surface area contributed by atoms with Crippen LogP contribution >= 0.6 is 23.2 Å². The highest BCUT2D eigenvalue weighted by Gasteiger charge is 2.22. The molecule has 0 bridgehead atoms. The van der Waals surface area contributed by atoms with Crippen LogP contribution in [0.15, 0.2) is 17.0 Å². The SMILES string of the molecule is CCCN(CC)CCNS(=O)(=O)c1c(Cl)cc(N)cc1Cl. The molecular weight excluding hydrogens is 333 g/mol. The lowest BCUT2D eigenvalue weighted by Crippen LogP contribution is -2.35. The molecular formula is C13H21Cl2N3O2S. The minimum Gasteiger partial charge on any atom is -0.399 e. The van der Waals surface area contributed by atoms with E-state index in [9.17, 15) is 8.42 Å². The zero-order valence-electron chi connectivity index (χ0n) is 12.2. The molecule has 0 aliphatic heterocycles. The molecule has 0 unspecified atom stereocenters. The first kappa shape index (κ1) is 18.5. The topological polar surface area (TPSA) is 75.4 Å². The Kier molecular flexibility index (Phi) is 7.23. The van der Waals surface area contributed by atoms with Crippen LogP contribution in [0.5, 0.6) is 0 Å². The van der Waals surface area contributed by atoms with E-state index in [0.717, 1.165) is 19.5 Å². The number of nitrogen functional groups attached to an aromatic ring is 1. The van der Waals surface area contributed by atoms with Gasteiger partial charge in [-0.25, -0.2) is 13.1 Å². The molecule has 1 aromatic rings. The summed E-state index contributed by atoms with van der Waals surface area (Å²) in [4.78, 5) is 2.04. The summed E-state index contributed by atoms with van der Waals surface area (Å²) in [5, 5.41) is 0.0433. The second-order valence-electron chi connectivity index (χ2n) is 4.65. The molecule has 0 saturated carbocycles. The van der Waals surface area contributed by atoms with Gasteiger partial charge in [-0.2, -0.15) is 0 Å². The Morgan fingerprint density at radius 1 is 1.19 bits per heavy atom. The maximum atomic E-state index is 12.3. The van der Waals surface area contributed by atoms with E-state index in [0.29, 0.717) is 18.8 Å². The predicted molar refractivity (Wildman–Crippen MR) is 88.5 cm³/mol. The van der Waals surface area contributed by atoms with Gasteiger partial charge < -0.3 is 10.6 Å². The highest BCUT2D eigenvalue weighted by Crippen LogP contribution is 2.31. The Labute approximate surface area is 136 Å². The van der Waals surface area contributed by atoms with Gasteiger partial charge in [0.25, 0.3) is 0 Å². The van der Waals surface area contributed by atoms with Crippen LogP contribution in [0.3, 0.4) is 0 Å². The summed E-state index contributed by atoms with van der Waals surface area (Å²) in [6.45, 7) is 6.86. The van der Waals surface area contributed by atoms with Crippen molar-refractivity contribution in [1.82, 2.24) is 9.62 Å². The summed E-state index contributed by atoms with van der Waals surface area (Å²) in [6.07, 6.45) is 1.02. The van der Waals surface area contributed by atoms with Gasteiger partial charge in [-0.3, -0.25) is 0 Å². The van der Waals surface area contributed by atoms with Crippen molar-refractivity contribution in [2.45, 2.75) is 25.2 Å². The average molecular weight is 354 g/mol. The third kappa shape index (κ3) is 5.30. The molecule has 0 amide bonds. The van der Waals surface area contributed by atoms with Crippen molar-refractivity contribution in [2.24, 2.45) is 0 Å². The molecule has 0 heterocycles. The van der Waals surface area contributed by atoms with E-state index in [-0.39, 0.29) is 14.9 Å². The number of nitrogens with two attached hydrogens (primary N) is 1. The van der Waals surface area contributed by atoms with Crippen LogP contribution in [-0.4, -0.2) is 39.5 Å². The van der Waals surface area contributed by atoms with Crippen LogP contribution in [0.2, 0.25) is 10.0 Å². The summed E-state index contributed by atoms with van der Waals surface area (Å²) in [7, 11) is -3.75. The van der Waals surface area contributed by atoms with Crippen molar-refractivity contribution in [2.75, 3.05) is 31.9 Å². The smallest absolute Gasteiger partial charge is 0.243 e. The molecule has 0 radical (unpaired) electrons. The first-order chi connectivity index (χ1) is 9.81. The van der Waals surface area contributed by atoms with Gasteiger partial charge in [0.2, 0.25) is 10.0 Å². The highest BCUT2D eigenvalue weighted by atomic mass is 35.5. The molecule has 3 N–H and O–H groups in total. The van der Waals surface area contributed by atoms with Crippen molar-refractivity contribution in [1.29, 1.82) is 0 Å². The second-order valence-corrected chi connectivity index (χ2v) is 7.16. The number of hydrogen-bond acceptors (Lipinski definition) is 4. The summed E-state index contributed by atoms with van der Waals surface area (Å²) in [6, 6.07) is 2.74. The standard InChI is InChI=1S/C13H21Cl2N3O2S/c1-3-6-18(4-2)7-5-17-21(19,20)13-11(14)8-10(16)9-12(13)15/h8-9,17H,3-7,16H2,1-2H3. The minimum atomic E-state index is -3.75. The average Bonchev–Trinajstić information content (AvgIpc) is 2.35. The first-order valence-corrected chi connectivity index (χ1v) is 9.02. The van der Waals surface area contributed by atoms with Gasteiger partial charge in [-0.1, -0.05) is 37.0 Å². The minimum absolute atomic E-state index is 0.0217. The molecule has 1 rings (SSSR count). The van der Waals surface area contributed by atoms with Crippen molar-refractivity contribution in [3.8, 4) is 0 Å². The highest BCUT2D eigenvalue weighted by molar-refractivity contribution is 7.89. The molecule has 0 spiro atoms. The number of anilines is 1. The number of rotatable bonds is 8. The first-order valence-electron chi connectivity index (χ1n) is 6.78. The Morgan fingerprint density at radius 3 is 2.24 bits per heavy atom. The quantitative estimate of drug-likeness (QED) is 0.704. The zero-order chi connectivity index (χ0) is 16.0. The Morgan fingerprint density at radius 2 is 1.76 bits per heavy atom. The van der Waals surface area contributed by atoms with E-state index >= 15 is 0 Å². The molecule has 0 atom stereocenters. The van der Waals surface area contributed by atoms with Crippen LogP contribution < -0.4 is 10.5 Å². The second kappa shape index (κ2) is 8.19. The summed E-state index contributed by atoms with van der Waals surface area (Å²) in [5.74, 6) is 0. The third-order valence-corrected chi connectivity index (χ3v) is 5.38. The fourth-order valence-corrected chi connectivity index (χ4v) is 4.24. The van der Waals surface area contributed by atoms with Gasteiger partial charge in [0.15, 0.2) is 0 Å². The number of benzene rings is 1. The maximum Gasteiger partial charge on any atom is 0.243 e. The van der Waals surface area contributed by atoms with Crippen LogP contribution in [-0.2, 0) is 10.0 Å². The molecule has 0 saturated heterocycles. The Balaban J connectivity index is 2.79. The summed E-state index contributed by atoms with van der Waals surface area (Å²) < 4.78 is 27.1. The molecule has 0 aromatic heterocycles. The van der Waals surface area contributed by atoms with Gasteiger partial charge >= 0.3 is 0 Å². The van der Waals surface area contributed by atoms with E-state index < -0.39 is 10.0 Å². The van der Waals surface area contributed by atoms with Crippen molar-refractivity contribution < 1.29 is 8.42 Å². The number of halogens is 2. The molecule has 1 aromatic carbocycles. The molecule has 0 aliphatic carbocycles. The van der Waals surface area contributed by atoms with Crippen molar-refractivity contribution in [3.63, 3.8) is 0 Å². The lowest BCUT2D eigenvalue weighted by molar-refractivity contribution is 0.293. The van der Waals surface area contributed by atoms with Gasteiger partial charge in [0, 0.05) is 18.8 Å². The maximum absolute atomic E-state index is 12.3. The van der Waals surface area contributed by atoms with Crippen LogP contribution in [0, 0.1) is 0 Å². The van der Waals surface area contributed by atoms with Crippen LogP contribution in [0.1, 0.15) is 20.3 Å². The van der Waals surface area contributed by atoms with E-state index in [1.807, 2.05) is 6.92 Å². The Hall–Kier alpha value is -0.530. The van der Waals surface area contributed by atoms with E-state index in [1.54, 1.807) is 0 Å². The normalized spacial score (nSPS) is 12.0. The van der Waals surface area contributed by atoms with E-state index in [2.05, 4.69) is 16.5 Å². The number of likely N-dealkylation sites (N-methyl/N-ethyl adjacent to an activating group) is 1. The van der Waals surface area contributed by atoms with Gasteiger partial charge in [0.1, 0.15) is 4.90 Å². The van der Waals surface area contributed by atoms with Gasteiger partial charge in [-0.15, -0.1) is 0 Å². The fraction of sp³-hybridized carbons (Fsp3) is 0.538. The third-order valence-electron chi connectivity index (χ3n) is 3.00. The van der Waals surface area contributed by atoms with Gasteiger partial charge in [-0.05, 0) is 31.6 Å². The largest absolute Gasteiger partial charge is 0.399 e. The van der Waals surface area contributed by atoms with Crippen molar-refractivity contribution in [3.05, 3.63) is 22.2 Å². The van der Waals surface area contributed by atoms with E-state index in [1.165, 1.54) is 12.1 Å².